The summed E-state index contributed by atoms with van der Waals surface area (Å²) in [5.74, 6) is -0.792. The average Bonchev–Trinajstić information content (AvgIpc) is 2.40. The van der Waals surface area contributed by atoms with Gasteiger partial charge in [0.2, 0.25) is 0 Å². The highest BCUT2D eigenvalue weighted by Crippen LogP contribution is 2.37. The summed E-state index contributed by atoms with van der Waals surface area (Å²) in [4.78, 5) is 11.5. The third-order valence-electron chi connectivity index (χ3n) is 4.22. The van der Waals surface area contributed by atoms with Crippen molar-refractivity contribution >= 4 is 16.2 Å². The fraction of sp³-hybridized carbons (Fsp3) is 0.923. The lowest BCUT2D eigenvalue weighted by atomic mass is 9.75. The highest BCUT2D eigenvalue weighted by atomic mass is 32.2. The zero-order chi connectivity index (χ0) is 15.4. The maximum absolute atomic E-state index is 12.4. The Morgan fingerprint density at radius 2 is 1.70 bits per heavy atom. The van der Waals surface area contributed by atoms with E-state index in [2.05, 4.69) is 0 Å². The largest absolute Gasteiger partial charge is 0.481 e. The molecular weight excluding hydrogens is 280 g/mol. The van der Waals surface area contributed by atoms with Crippen LogP contribution >= 0.6 is 0 Å². The summed E-state index contributed by atoms with van der Waals surface area (Å²) in [6.45, 7) is 7.05. The lowest BCUT2D eigenvalue weighted by Gasteiger charge is -2.39. The zero-order valence-electron chi connectivity index (χ0n) is 12.6. The molecule has 0 aromatic rings. The van der Waals surface area contributed by atoms with Gasteiger partial charge in [-0.1, -0.05) is 27.2 Å². The third-order valence-corrected chi connectivity index (χ3v) is 6.41. The second-order valence-electron chi connectivity index (χ2n) is 5.33. The Balaban J connectivity index is 2.82. The Labute approximate surface area is 121 Å². The Bertz CT molecular complexity index is 424. The first-order chi connectivity index (χ1) is 9.34. The van der Waals surface area contributed by atoms with E-state index in [9.17, 15) is 18.3 Å². The van der Waals surface area contributed by atoms with Crippen LogP contribution in [0.25, 0.3) is 0 Å². The van der Waals surface area contributed by atoms with Crippen molar-refractivity contribution in [3.05, 3.63) is 0 Å². The maximum atomic E-state index is 12.4. The molecule has 1 fully saturated rings. The molecule has 20 heavy (non-hydrogen) atoms. The molecule has 1 aliphatic heterocycles. The predicted octanol–water partition coefficient (Wildman–Crippen LogP) is 1.54. The summed E-state index contributed by atoms with van der Waals surface area (Å²) in [5.41, 5.74) is -0.746. The lowest BCUT2D eigenvalue weighted by Crippen LogP contribution is -2.51. The molecule has 0 unspecified atom stereocenters. The maximum Gasteiger partial charge on any atom is 0.309 e. The van der Waals surface area contributed by atoms with Crippen LogP contribution in [0.15, 0.2) is 0 Å². The molecule has 0 saturated carbocycles. The van der Waals surface area contributed by atoms with Crippen molar-refractivity contribution in [1.29, 1.82) is 0 Å². The quantitative estimate of drug-likeness (QED) is 0.774. The number of carboxylic acid groups (broad SMARTS) is 1. The van der Waals surface area contributed by atoms with Crippen molar-refractivity contribution in [2.45, 2.75) is 46.5 Å². The van der Waals surface area contributed by atoms with Crippen LogP contribution in [-0.2, 0) is 15.0 Å². The highest BCUT2D eigenvalue weighted by molar-refractivity contribution is 7.86. The van der Waals surface area contributed by atoms with Gasteiger partial charge in [-0.2, -0.15) is 17.0 Å². The number of carboxylic acids is 1. The van der Waals surface area contributed by atoms with Crippen molar-refractivity contribution in [3.63, 3.8) is 0 Å². The van der Waals surface area contributed by atoms with E-state index in [1.165, 1.54) is 8.61 Å². The van der Waals surface area contributed by atoms with E-state index in [0.29, 0.717) is 45.4 Å². The monoisotopic (exact) mass is 306 g/mol. The van der Waals surface area contributed by atoms with Crippen LogP contribution in [0.3, 0.4) is 0 Å². The van der Waals surface area contributed by atoms with Gasteiger partial charge in [0.1, 0.15) is 0 Å². The molecule has 0 amide bonds. The van der Waals surface area contributed by atoms with Crippen molar-refractivity contribution in [1.82, 2.24) is 8.61 Å². The molecule has 6 nitrogen and oxygen atoms in total. The summed E-state index contributed by atoms with van der Waals surface area (Å²) < 4.78 is 27.6. The minimum absolute atomic E-state index is 0.297. The first-order valence-corrected chi connectivity index (χ1v) is 8.72. The molecule has 0 spiro atoms. The van der Waals surface area contributed by atoms with Crippen molar-refractivity contribution in [2.75, 3.05) is 26.2 Å². The summed E-state index contributed by atoms with van der Waals surface area (Å²) in [5, 5.41) is 9.43. The number of hydrogen-bond acceptors (Lipinski definition) is 3. The number of aliphatic carboxylic acids is 1. The molecule has 0 radical (unpaired) electrons. The second-order valence-corrected chi connectivity index (χ2v) is 7.26. The number of nitrogens with zero attached hydrogens (tertiary/aromatic N) is 2. The van der Waals surface area contributed by atoms with Crippen molar-refractivity contribution < 1.29 is 18.3 Å². The molecular formula is C13H26N2O4S. The molecule has 118 valence electrons. The topological polar surface area (TPSA) is 77.9 Å². The molecule has 0 aromatic heterocycles. The Kier molecular flexibility index (Phi) is 5.97. The average molecular weight is 306 g/mol. The van der Waals surface area contributed by atoms with Crippen LogP contribution in [0, 0.1) is 5.41 Å². The fourth-order valence-electron chi connectivity index (χ4n) is 2.91. The van der Waals surface area contributed by atoms with E-state index >= 15 is 0 Å². The molecule has 1 saturated heterocycles. The Hall–Kier alpha value is -0.660. The number of rotatable bonds is 7. The van der Waals surface area contributed by atoms with Crippen molar-refractivity contribution in [3.8, 4) is 0 Å². The molecule has 1 heterocycles. The SMILES string of the molecule is CCCC1(C(=O)O)CCN(S(=O)(=O)N(CC)CC)CC1. The minimum Gasteiger partial charge on any atom is -0.481 e. The number of carbonyl (C=O) groups is 1. The zero-order valence-corrected chi connectivity index (χ0v) is 13.4. The van der Waals surface area contributed by atoms with Gasteiger partial charge in [-0.15, -0.1) is 0 Å². The van der Waals surface area contributed by atoms with Gasteiger partial charge in [-0.3, -0.25) is 4.79 Å². The van der Waals surface area contributed by atoms with Crippen LogP contribution in [0.2, 0.25) is 0 Å². The molecule has 0 bridgehead atoms. The Morgan fingerprint density at radius 3 is 2.05 bits per heavy atom. The van der Waals surface area contributed by atoms with Gasteiger partial charge in [0.05, 0.1) is 5.41 Å². The summed E-state index contributed by atoms with van der Waals surface area (Å²) in [6.07, 6.45) is 2.21. The first-order valence-electron chi connectivity index (χ1n) is 7.32. The molecule has 1 aliphatic rings. The highest BCUT2D eigenvalue weighted by Gasteiger charge is 2.43. The summed E-state index contributed by atoms with van der Waals surface area (Å²) >= 11 is 0. The van der Waals surface area contributed by atoms with Crippen LogP contribution in [0.5, 0.6) is 0 Å². The van der Waals surface area contributed by atoms with Gasteiger partial charge in [-0.25, -0.2) is 0 Å². The van der Waals surface area contributed by atoms with E-state index in [1.807, 2.05) is 20.8 Å². The first kappa shape index (κ1) is 17.4. The number of hydrogen-bond donors (Lipinski definition) is 1. The van der Waals surface area contributed by atoms with E-state index in [-0.39, 0.29) is 0 Å². The van der Waals surface area contributed by atoms with Gasteiger partial charge < -0.3 is 5.11 Å². The predicted molar refractivity (Wildman–Crippen MR) is 77.6 cm³/mol. The molecule has 0 aliphatic carbocycles. The van der Waals surface area contributed by atoms with Crippen molar-refractivity contribution in [2.24, 2.45) is 5.41 Å². The van der Waals surface area contributed by atoms with Gasteiger partial charge >= 0.3 is 5.97 Å². The second kappa shape index (κ2) is 6.87. The van der Waals surface area contributed by atoms with E-state index in [0.717, 1.165) is 6.42 Å². The third kappa shape index (κ3) is 3.32. The van der Waals surface area contributed by atoms with E-state index in [1.54, 1.807) is 0 Å². The summed E-state index contributed by atoms with van der Waals surface area (Å²) in [7, 11) is -3.44. The van der Waals surface area contributed by atoms with Crippen LogP contribution in [-0.4, -0.2) is 54.3 Å². The lowest BCUT2D eigenvalue weighted by molar-refractivity contribution is -0.152. The molecule has 0 aromatic carbocycles. The molecule has 1 N–H and O–H groups in total. The van der Waals surface area contributed by atoms with Crippen LogP contribution < -0.4 is 0 Å². The van der Waals surface area contributed by atoms with Gasteiger partial charge in [0, 0.05) is 26.2 Å². The fourth-order valence-corrected chi connectivity index (χ4v) is 4.53. The Morgan fingerprint density at radius 1 is 1.20 bits per heavy atom. The standard InChI is InChI=1S/C13H26N2O4S/c1-4-7-13(12(16)17)8-10-15(11-9-13)20(18,19)14(5-2)6-3/h4-11H2,1-3H3,(H,16,17). The molecule has 1 rings (SSSR count). The summed E-state index contributed by atoms with van der Waals surface area (Å²) in [6, 6.07) is 0. The molecule has 7 heteroatoms. The normalized spacial score (nSPS) is 20.2. The number of piperidine rings is 1. The van der Waals surface area contributed by atoms with E-state index < -0.39 is 21.6 Å². The van der Waals surface area contributed by atoms with Gasteiger partial charge in [0.15, 0.2) is 0 Å². The van der Waals surface area contributed by atoms with E-state index in [4.69, 9.17) is 0 Å². The van der Waals surface area contributed by atoms with Gasteiger partial charge in [-0.05, 0) is 19.3 Å². The van der Waals surface area contributed by atoms with Gasteiger partial charge in [0.25, 0.3) is 10.2 Å². The minimum atomic E-state index is -3.44. The van der Waals surface area contributed by atoms with Crippen LogP contribution in [0.1, 0.15) is 46.5 Å². The van der Waals surface area contributed by atoms with Crippen LogP contribution in [0.4, 0.5) is 0 Å². The smallest absolute Gasteiger partial charge is 0.309 e. The molecule has 0 atom stereocenters.